The summed E-state index contributed by atoms with van der Waals surface area (Å²) in [6.07, 6.45) is 0.751. The molecule has 84 valence electrons. The van der Waals surface area contributed by atoms with Crippen molar-refractivity contribution in [2.45, 2.75) is 20.0 Å². The third-order valence-electron chi connectivity index (χ3n) is 2.59. The largest absolute Gasteiger partial charge is 0.469 e. The molecular weight excluding hydrogens is 207 g/mol. The lowest BCUT2D eigenvalue weighted by atomic mass is 9.99. The van der Waals surface area contributed by atoms with E-state index in [1.54, 1.807) is 19.1 Å². The lowest BCUT2D eigenvalue weighted by Gasteiger charge is -2.11. The van der Waals surface area contributed by atoms with Crippen LogP contribution in [0.2, 0.25) is 0 Å². The number of benzene rings is 1. The Bertz CT molecular complexity index is 502. The first-order valence-electron chi connectivity index (χ1n) is 5.07. The van der Waals surface area contributed by atoms with Crippen LogP contribution in [0.3, 0.4) is 0 Å². The predicted octanol–water partition coefficient (Wildman–Crippen LogP) is 3.12. The molecule has 3 heteroatoms. The lowest BCUT2D eigenvalue weighted by Crippen LogP contribution is -2.01. The molecule has 0 aliphatic rings. The highest BCUT2D eigenvalue weighted by Crippen LogP contribution is 2.26. The summed E-state index contributed by atoms with van der Waals surface area (Å²) in [5.74, 6) is 0.450. The quantitative estimate of drug-likeness (QED) is 0.843. The van der Waals surface area contributed by atoms with Gasteiger partial charge < -0.3 is 9.52 Å². The molecule has 1 heterocycles. The summed E-state index contributed by atoms with van der Waals surface area (Å²) < 4.78 is 18.1. The molecule has 0 bridgehead atoms. The van der Waals surface area contributed by atoms with Gasteiger partial charge in [0.1, 0.15) is 17.7 Å². The molecule has 0 fully saturated rings. The van der Waals surface area contributed by atoms with Crippen LogP contribution in [-0.2, 0) is 0 Å². The van der Waals surface area contributed by atoms with E-state index < -0.39 is 6.10 Å². The molecule has 0 aliphatic heterocycles. The minimum atomic E-state index is -0.766. The van der Waals surface area contributed by atoms with E-state index in [1.807, 2.05) is 6.92 Å². The maximum atomic E-state index is 12.9. The van der Waals surface area contributed by atoms with Crippen LogP contribution in [0, 0.1) is 19.7 Å². The molecule has 1 aromatic heterocycles. The maximum Gasteiger partial charge on any atom is 0.123 e. The van der Waals surface area contributed by atoms with Crippen molar-refractivity contribution >= 4 is 0 Å². The minimum Gasteiger partial charge on any atom is -0.469 e. The average molecular weight is 220 g/mol. The number of hydrogen-bond acceptors (Lipinski definition) is 2. The normalized spacial score (nSPS) is 12.8. The highest BCUT2D eigenvalue weighted by atomic mass is 19.1. The van der Waals surface area contributed by atoms with Gasteiger partial charge in [0, 0.05) is 5.56 Å². The molecule has 1 atom stereocenters. The zero-order chi connectivity index (χ0) is 11.7. The van der Waals surface area contributed by atoms with E-state index in [0.717, 1.165) is 11.3 Å². The van der Waals surface area contributed by atoms with Gasteiger partial charge in [-0.15, -0.1) is 0 Å². The summed E-state index contributed by atoms with van der Waals surface area (Å²) in [4.78, 5) is 0. The monoisotopic (exact) mass is 220 g/mol. The van der Waals surface area contributed by atoms with Gasteiger partial charge in [0.15, 0.2) is 0 Å². The molecule has 0 saturated heterocycles. The number of furan rings is 1. The molecule has 0 radical (unpaired) electrons. The zero-order valence-electron chi connectivity index (χ0n) is 9.20. The topological polar surface area (TPSA) is 33.4 Å². The van der Waals surface area contributed by atoms with Gasteiger partial charge in [-0.3, -0.25) is 0 Å². The van der Waals surface area contributed by atoms with Crippen molar-refractivity contribution in [1.82, 2.24) is 0 Å². The number of hydrogen-bond donors (Lipinski definition) is 1. The molecule has 2 nitrogen and oxygen atoms in total. The number of aliphatic hydroxyl groups excluding tert-OH is 1. The van der Waals surface area contributed by atoms with Crippen LogP contribution in [-0.4, -0.2) is 5.11 Å². The average Bonchev–Trinajstić information content (AvgIpc) is 2.64. The lowest BCUT2D eigenvalue weighted by molar-refractivity contribution is 0.218. The van der Waals surface area contributed by atoms with Gasteiger partial charge in [-0.2, -0.15) is 0 Å². The van der Waals surface area contributed by atoms with Crippen LogP contribution < -0.4 is 0 Å². The second-order valence-electron chi connectivity index (χ2n) is 3.89. The number of aryl methyl sites for hydroxylation is 2. The molecular formula is C13H13FO2. The SMILES string of the molecule is Cc1cc(C(O)c2ccc(F)cc2C)co1. The maximum absolute atomic E-state index is 12.9. The van der Waals surface area contributed by atoms with Crippen molar-refractivity contribution < 1.29 is 13.9 Å². The number of rotatable bonds is 2. The summed E-state index contributed by atoms with van der Waals surface area (Å²) in [6.45, 7) is 3.59. The van der Waals surface area contributed by atoms with E-state index in [4.69, 9.17) is 4.42 Å². The van der Waals surface area contributed by atoms with E-state index in [9.17, 15) is 9.50 Å². The van der Waals surface area contributed by atoms with Crippen molar-refractivity contribution in [1.29, 1.82) is 0 Å². The van der Waals surface area contributed by atoms with Crippen LogP contribution in [0.25, 0.3) is 0 Å². The van der Waals surface area contributed by atoms with Crippen LogP contribution in [0.5, 0.6) is 0 Å². The Kier molecular flexibility index (Phi) is 2.79. The molecule has 0 spiro atoms. The number of aliphatic hydroxyl groups is 1. The van der Waals surface area contributed by atoms with Gasteiger partial charge in [0.25, 0.3) is 0 Å². The fourth-order valence-electron chi connectivity index (χ4n) is 1.73. The van der Waals surface area contributed by atoms with Gasteiger partial charge in [0.05, 0.1) is 6.26 Å². The Balaban J connectivity index is 2.37. The van der Waals surface area contributed by atoms with Crippen molar-refractivity contribution in [3.63, 3.8) is 0 Å². The first-order valence-corrected chi connectivity index (χ1v) is 5.07. The Hall–Kier alpha value is -1.61. The molecule has 2 rings (SSSR count). The molecule has 0 aliphatic carbocycles. The summed E-state index contributed by atoms with van der Waals surface area (Å²) in [5, 5.41) is 10.1. The Morgan fingerprint density at radius 1 is 1.25 bits per heavy atom. The fraction of sp³-hybridized carbons (Fsp3) is 0.231. The molecule has 1 unspecified atom stereocenters. The molecule has 16 heavy (non-hydrogen) atoms. The Labute approximate surface area is 93.3 Å². The zero-order valence-corrected chi connectivity index (χ0v) is 9.20. The highest BCUT2D eigenvalue weighted by molar-refractivity contribution is 5.34. The molecule has 1 N–H and O–H groups in total. The predicted molar refractivity (Wildman–Crippen MR) is 58.6 cm³/mol. The van der Waals surface area contributed by atoms with Crippen molar-refractivity contribution in [2.24, 2.45) is 0 Å². The second kappa shape index (κ2) is 4.10. The van der Waals surface area contributed by atoms with E-state index in [0.29, 0.717) is 11.1 Å². The molecule has 2 aromatic rings. The van der Waals surface area contributed by atoms with Gasteiger partial charge >= 0.3 is 0 Å². The van der Waals surface area contributed by atoms with Crippen LogP contribution >= 0.6 is 0 Å². The van der Waals surface area contributed by atoms with E-state index >= 15 is 0 Å². The van der Waals surface area contributed by atoms with Crippen molar-refractivity contribution in [3.05, 3.63) is 58.8 Å². The van der Waals surface area contributed by atoms with Crippen LogP contribution in [0.15, 0.2) is 34.9 Å². The Morgan fingerprint density at radius 3 is 2.56 bits per heavy atom. The summed E-state index contributed by atoms with van der Waals surface area (Å²) in [5.41, 5.74) is 2.11. The van der Waals surface area contributed by atoms with E-state index in [-0.39, 0.29) is 5.82 Å². The first-order chi connectivity index (χ1) is 7.58. The van der Waals surface area contributed by atoms with Gasteiger partial charge in [0.2, 0.25) is 0 Å². The van der Waals surface area contributed by atoms with Crippen LogP contribution in [0.1, 0.15) is 28.6 Å². The summed E-state index contributed by atoms with van der Waals surface area (Å²) in [6, 6.07) is 6.12. The number of halogens is 1. The third-order valence-corrected chi connectivity index (χ3v) is 2.59. The van der Waals surface area contributed by atoms with E-state index in [1.165, 1.54) is 18.4 Å². The van der Waals surface area contributed by atoms with E-state index in [2.05, 4.69) is 0 Å². The van der Waals surface area contributed by atoms with Crippen LogP contribution in [0.4, 0.5) is 4.39 Å². The summed E-state index contributed by atoms with van der Waals surface area (Å²) >= 11 is 0. The van der Waals surface area contributed by atoms with Gasteiger partial charge in [-0.05, 0) is 43.2 Å². The van der Waals surface area contributed by atoms with Gasteiger partial charge in [-0.1, -0.05) is 6.07 Å². The van der Waals surface area contributed by atoms with Crippen molar-refractivity contribution in [2.75, 3.05) is 0 Å². The summed E-state index contributed by atoms with van der Waals surface area (Å²) in [7, 11) is 0. The highest BCUT2D eigenvalue weighted by Gasteiger charge is 2.15. The third kappa shape index (κ3) is 1.99. The minimum absolute atomic E-state index is 0.295. The molecule has 0 saturated carbocycles. The van der Waals surface area contributed by atoms with Gasteiger partial charge in [-0.25, -0.2) is 4.39 Å². The molecule has 1 aromatic carbocycles. The Morgan fingerprint density at radius 2 is 2.00 bits per heavy atom. The fourth-order valence-corrected chi connectivity index (χ4v) is 1.73. The first kappa shape index (κ1) is 10.9. The molecule has 0 amide bonds. The second-order valence-corrected chi connectivity index (χ2v) is 3.89. The standard InChI is InChI=1S/C13H13FO2/c1-8-5-11(14)3-4-12(8)13(15)10-6-9(2)16-7-10/h3-7,13,15H,1-2H3. The smallest absolute Gasteiger partial charge is 0.123 e. The van der Waals surface area contributed by atoms with Crippen molar-refractivity contribution in [3.8, 4) is 0 Å².